The Morgan fingerprint density at radius 1 is 1.36 bits per heavy atom. The first-order valence-electron chi connectivity index (χ1n) is 7.46. The number of ether oxygens (including phenoxy) is 1. The second kappa shape index (κ2) is 6.92. The first-order valence-corrected chi connectivity index (χ1v) is 7.46. The van der Waals surface area contributed by atoms with Crippen LogP contribution in [0.15, 0.2) is 36.7 Å². The molecule has 1 aromatic heterocycles. The average molecular weight is 349 g/mol. The summed E-state index contributed by atoms with van der Waals surface area (Å²) in [5.74, 6) is -0.970. The Morgan fingerprint density at radius 2 is 2.16 bits per heavy atom. The van der Waals surface area contributed by atoms with E-state index in [0.29, 0.717) is 29.2 Å². The van der Waals surface area contributed by atoms with Crippen molar-refractivity contribution >= 4 is 6.09 Å². The maximum atomic E-state index is 13.5. The third-order valence-electron chi connectivity index (χ3n) is 3.77. The molecule has 0 atom stereocenters. The number of aryl methyl sites for hydroxylation is 1. The molecule has 2 heterocycles. The largest absolute Gasteiger partial charge is 0.418 e. The molecule has 1 aromatic carbocycles. The number of cyclic esters (lactones) is 1. The number of nitrogens with zero attached hydrogens (tertiary/aromatic N) is 3. The monoisotopic (exact) mass is 349 g/mol. The molecule has 0 fully saturated rings. The highest BCUT2D eigenvalue weighted by molar-refractivity contribution is 5.69. The van der Waals surface area contributed by atoms with Crippen LogP contribution >= 0.6 is 0 Å². The summed E-state index contributed by atoms with van der Waals surface area (Å²) in [6.45, 7) is 2.27. The van der Waals surface area contributed by atoms with Gasteiger partial charge in [0.05, 0.1) is 41.6 Å². The van der Waals surface area contributed by atoms with E-state index < -0.39 is 23.9 Å². The summed E-state index contributed by atoms with van der Waals surface area (Å²) in [7, 11) is 0. The molecule has 2 aromatic rings. The van der Waals surface area contributed by atoms with Gasteiger partial charge < -0.3 is 4.74 Å². The lowest BCUT2D eigenvalue weighted by Crippen LogP contribution is -2.33. The number of benzene rings is 1. The fourth-order valence-electron chi connectivity index (χ4n) is 2.38. The van der Waals surface area contributed by atoms with E-state index in [1.807, 2.05) is 0 Å². The van der Waals surface area contributed by atoms with Crippen molar-refractivity contribution in [1.82, 2.24) is 14.9 Å². The second-order valence-electron chi connectivity index (χ2n) is 5.46. The lowest BCUT2D eigenvalue weighted by atomic mass is 10.1. The Kier molecular flexibility index (Phi) is 4.69. The van der Waals surface area contributed by atoms with Gasteiger partial charge in [-0.05, 0) is 31.2 Å². The number of rotatable bonds is 4. The minimum atomic E-state index is -2.92. The molecule has 0 bridgehead atoms. The van der Waals surface area contributed by atoms with Crippen LogP contribution < -0.4 is 0 Å². The maximum absolute atomic E-state index is 13.5. The lowest BCUT2D eigenvalue weighted by Gasteiger charge is -2.22. The molecule has 0 radical (unpaired) electrons. The minimum absolute atomic E-state index is 0.165. The van der Waals surface area contributed by atoms with Crippen molar-refractivity contribution in [3.05, 3.63) is 59.5 Å². The molecule has 0 unspecified atom stereocenters. The molecular formula is C17H14F3N3O2. The Labute approximate surface area is 141 Å². The summed E-state index contributed by atoms with van der Waals surface area (Å²) >= 11 is 0. The smallest absolute Gasteiger partial charge is 0.415 e. The van der Waals surface area contributed by atoms with Crippen LogP contribution in [0.4, 0.5) is 18.0 Å². The topological polar surface area (TPSA) is 55.3 Å². The highest BCUT2D eigenvalue weighted by Gasteiger charge is 2.20. The molecule has 1 aliphatic rings. The van der Waals surface area contributed by atoms with E-state index >= 15 is 0 Å². The molecule has 1 amide bonds. The number of hydrogen-bond donors (Lipinski definition) is 0. The fraction of sp³-hybridized carbons (Fsp3) is 0.235. The third kappa shape index (κ3) is 3.62. The SMILES string of the molecule is Cc1ncc(-c2ccc(F)c(C(F)F)c2)nc1CN1CC=COC1=O. The quantitative estimate of drug-likeness (QED) is 0.837. The Bertz CT molecular complexity index is 840. The maximum Gasteiger partial charge on any atom is 0.415 e. The zero-order chi connectivity index (χ0) is 18.0. The zero-order valence-electron chi connectivity index (χ0n) is 13.2. The number of carbonyl (C=O) groups is 1. The van der Waals surface area contributed by atoms with E-state index in [0.717, 1.165) is 12.1 Å². The van der Waals surface area contributed by atoms with Crippen molar-refractivity contribution < 1.29 is 22.7 Å². The van der Waals surface area contributed by atoms with Crippen molar-refractivity contribution in [2.24, 2.45) is 0 Å². The number of alkyl halides is 2. The highest BCUT2D eigenvalue weighted by Crippen LogP contribution is 2.27. The van der Waals surface area contributed by atoms with Crippen LogP contribution in [0.5, 0.6) is 0 Å². The minimum Gasteiger partial charge on any atom is -0.418 e. The Hall–Kier alpha value is -2.90. The van der Waals surface area contributed by atoms with Gasteiger partial charge in [0.2, 0.25) is 0 Å². The summed E-state index contributed by atoms with van der Waals surface area (Å²) < 4.78 is 44.0. The predicted octanol–water partition coefficient (Wildman–Crippen LogP) is 3.99. The molecule has 0 spiro atoms. The van der Waals surface area contributed by atoms with Gasteiger partial charge in [0.25, 0.3) is 6.43 Å². The lowest BCUT2D eigenvalue weighted by molar-refractivity contribution is 0.130. The predicted molar refractivity (Wildman–Crippen MR) is 83.2 cm³/mol. The molecular weight excluding hydrogens is 335 g/mol. The van der Waals surface area contributed by atoms with E-state index in [9.17, 15) is 18.0 Å². The van der Waals surface area contributed by atoms with Crippen LogP contribution in [0.2, 0.25) is 0 Å². The molecule has 8 heteroatoms. The van der Waals surface area contributed by atoms with Gasteiger partial charge in [-0.15, -0.1) is 0 Å². The van der Waals surface area contributed by atoms with Crippen molar-refractivity contribution in [2.75, 3.05) is 6.54 Å². The highest BCUT2D eigenvalue weighted by atomic mass is 19.3. The molecule has 130 valence electrons. The molecule has 0 N–H and O–H groups in total. The third-order valence-corrected chi connectivity index (χ3v) is 3.77. The van der Waals surface area contributed by atoms with Crippen LogP contribution in [-0.2, 0) is 11.3 Å². The zero-order valence-corrected chi connectivity index (χ0v) is 13.2. The average Bonchev–Trinajstić information content (AvgIpc) is 2.59. The van der Waals surface area contributed by atoms with Gasteiger partial charge in [-0.25, -0.2) is 22.9 Å². The van der Waals surface area contributed by atoms with Crippen molar-refractivity contribution in [3.63, 3.8) is 0 Å². The van der Waals surface area contributed by atoms with Crippen molar-refractivity contribution in [2.45, 2.75) is 19.9 Å². The van der Waals surface area contributed by atoms with Crippen LogP contribution in [0.3, 0.4) is 0 Å². The molecule has 0 aliphatic carbocycles. The van der Waals surface area contributed by atoms with E-state index in [2.05, 4.69) is 9.97 Å². The molecule has 5 nitrogen and oxygen atoms in total. The summed E-state index contributed by atoms with van der Waals surface area (Å²) in [5.41, 5.74) is 1.07. The normalized spacial score (nSPS) is 14.1. The van der Waals surface area contributed by atoms with Crippen molar-refractivity contribution in [1.29, 1.82) is 0 Å². The van der Waals surface area contributed by atoms with Crippen LogP contribution in [0, 0.1) is 12.7 Å². The van der Waals surface area contributed by atoms with Crippen LogP contribution in [0.25, 0.3) is 11.3 Å². The number of halogens is 3. The standard InChI is InChI=1S/C17H14F3N3O2/c1-10-15(9-23-5-2-6-25-17(23)24)22-14(8-21-10)11-3-4-13(18)12(7-11)16(19)20/h2-4,6-8,16H,5,9H2,1H3. The van der Waals surface area contributed by atoms with Gasteiger partial charge in [0.1, 0.15) is 5.82 Å². The first kappa shape index (κ1) is 16.9. The van der Waals surface area contributed by atoms with E-state index in [4.69, 9.17) is 4.74 Å². The molecule has 1 aliphatic heterocycles. The van der Waals surface area contributed by atoms with Gasteiger partial charge >= 0.3 is 6.09 Å². The first-order chi connectivity index (χ1) is 12.0. The number of hydrogen-bond acceptors (Lipinski definition) is 4. The van der Waals surface area contributed by atoms with Gasteiger partial charge in [-0.2, -0.15) is 0 Å². The number of amides is 1. The molecule has 25 heavy (non-hydrogen) atoms. The van der Waals surface area contributed by atoms with Gasteiger partial charge in [-0.3, -0.25) is 9.88 Å². The molecule has 3 rings (SSSR count). The summed E-state index contributed by atoms with van der Waals surface area (Å²) in [6.07, 6.45) is 1.00. The Balaban J connectivity index is 1.93. The fourth-order valence-corrected chi connectivity index (χ4v) is 2.38. The van der Waals surface area contributed by atoms with Gasteiger partial charge in [-0.1, -0.05) is 0 Å². The molecule has 0 saturated carbocycles. The van der Waals surface area contributed by atoms with Crippen molar-refractivity contribution in [3.8, 4) is 11.3 Å². The summed E-state index contributed by atoms with van der Waals surface area (Å²) in [4.78, 5) is 21.7. The summed E-state index contributed by atoms with van der Waals surface area (Å²) in [6, 6.07) is 3.40. The van der Waals surface area contributed by atoms with E-state index in [1.54, 1.807) is 13.0 Å². The van der Waals surface area contributed by atoms with E-state index in [-0.39, 0.29) is 6.54 Å². The van der Waals surface area contributed by atoms with Crippen LogP contribution in [0.1, 0.15) is 23.4 Å². The van der Waals surface area contributed by atoms with Crippen LogP contribution in [-0.4, -0.2) is 27.5 Å². The molecule has 0 saturated heterocycles. The van der Waals surface area contributed by atoms with Gasteiger partial charge in [0.15, 0.2) is 0 Å². The van der Waals surface area contributed by atoms with Gasteiger partial charge in [0, 0.05) is 12.1 Å². The number of carbonyl (C=O) groups excluding carboxylic acids is 1. The summed E-state index contributed by atoms with van der Waals surface area (Å²) in [5, 5.41) is 0. The van der Waals surface area contributed by atoms with E-state index in [1.165, 1.54) is 23.4 Å². The number of aromatic nitrogens is 2. The Morgan fingerprint density at radius 3 is 2.88 bits per heavy atom. The second-order valence-corrected chi connectivity index (χ2v) is 5.46.